The Morgan fingerprint density at radius 1 is 1.41 bits per heavy atom. The molecule has 0 aliphatic carbocycles. The monoisotopic (exact) mass is 423 g/mol. The summed E-state index contributed by atoms with van der Waals surface area (Å²) in [6, 6.07) is 2.90. The molecule has 0 saturated heterocycles. The van der Waals surface area contributed by atoms with Gasteiger partial charge < -0.3 is 10.1 Å². The summed E-state index contributed by atoms with van der Waals surface area (Å²) in [6.45, 7) is 2.15. The first-order valence-corrected chi connectivity index (χ1v) is 10.3. The van der Waals surface area contributed by atoms with Crippen LogP contribution in [0.3, 0.4) is 0 Å². The summed E-state index contributed by atoms with van der Waals surface area (Å²) in [5.74, 6) is -0.257. The maximum Gasteiger partial charge on any atom is 0.555 e. The number of nitrogens with one attached hydrogen (secondary N) is 1. The quantitative estimate of drug-likeness (QED) is 0.230. The van der Waals surface area contributed by atoms with Gasteiger partial charge in [0.15, 0.2) is 17.4 Å². The van der Waals surface area contributed by atoms with E-state index in [1.54, 1.807) is 13.0 Å². The highest BCUT2D eigenvalue weighted by Gasteiger charge is 2.35. The molecule has 0 bridgehead atoms. The van der Waals surface area contributed by atoms with Crippen LogP contribution in [0.5, 0.6) is 0 Å². The number of carbonyl (C=O) groups excluding carboxylic acids is 1. The van der Waals surface area contributed by atoms with Crippen molar-refractivity contribution in [2.45, 2.75) is 26.2 Å². The van der Waals surface area contributed by atoms with Crippen LogP contribution in [-0.4, -0.2) is 41.0 Å². The zero-order chi connectivity index (χ0) is 21.0. The van der Waals surface area contributed by atoms with E-state index in [-0.39, 0.29) is 22.6 Å². The number of carbonyl (C=O) groups is 1. The number of benzene rings is 1. The van der Waals surface area contributed by atoms with E-state index in [0.717, 1.165) is 0 Å². The predicted molar refractivity (Wildman–Crippen MR) is 103 cm³/mol. The van der Waals surface area contributed by atoms with E-state index in [0.29, 0.717) is 49.0 Å². The molecule has 0 fully saturated rings. The Balaban J connectivity index is 1.66. The number of hydrogen-bond acceptors (Lipinski definition) is 10. The third-order valence-corrected chi connectivity index (χ3v) is 5.83. The number of methoxy groups -OCH3 is 1. The number of nitro benzene ring substituents is 1. The van der Waals surface area contributed by atoms with E-state index >= 15 is 0 Å². The average Bonchev–Trinajstić information content (AvgIpc) is 3.13. The molecule has 0 spiro atoms. The van der Waals surface area contributed by atoms with Crippen LogP contribution in [0, 0.1) is 16.0 Å². The van der Waals surface area contributed by atoms with Crippen molar-refractivity contribution >= 4 is 36.4 Å². The Bertz CT molecular complexity index is 987. The van der Waals surface area contributed by atoms with Crippen LogP contribution >= 0.6 is 8.03 Å². The van der Waals surface area contributed by atoms with Gasteiger partial charge in [-0.25, -0.2) is 9.42 Å². The van der Waals surface area contributed by atoms with Crippen molar-refractivity contribution in [2.24, 2.45) is 5.92 Å². The largest absolute Gasteiger partial charge is 0.555 e. The molecule has 0 amide bonds. The minimum atomic E-state index is -1.83. The highest BCUT2D eigenvalue weighted by atomic mass is 31.1. The summed E-state index contributed by atoms with van der Waals surface area (Å²) in [4.78, 5) is 22.7. The number of anilines is 1. The first-order chi connectivity index (χ1) is 13.9. The third kappa shape index (κ3) is 4.51. The first kappa shape index (κ1) is 20.7. The molecule has 1 aliphatic heterocycles. The van der Waals surface area contributed by atoms with Gasteiger partial charge in [-0.2, -0.15) is 0 Å². The van der Waals surface area contributed by atoms with Gasteiger partial charge in [-0.05, 0) is 46.6 Å². The second-order valence-electron chi connectivity index (χ2n) is 6.51. The fraction of sp³-hybridized carbons (Fsp3) is 0.471. The SMILES string of the molecule is COC(=O)C1=C(C)O[P+](=O)CCC1CCCNc1ccc([N+](=O)[O-])c2nonc12. The van der Waals surface area contributed by atoms with Crippen LogP contribution < -0.4 is 5.32 Å². The molecule has 2 atom stereocenters. The molecule has 1 N–H and O–H groups in total. The van der Waals surface area contributed by atoms with Crippen LogP contribution in [0.25, 0.3) is 11.0 Å². The second kappa shape index (κ2) is 8.95. The molecule has 0 saturated carbocycles. The molecule has 0 radical (unpaired) electrons. The molecule has 154 valence electrons. The smallest absolute Gasteiger partial charge is 0.466 e. The standard InChI is InChI=1S/C17H20N4O7P/c1-10-14(17(22)26-2)11(7-9-29(25)27-10)4-3-8-18-12-5-6-13(21(23)24)16-15(12)19-28-20-16/h5-6,11,18H,3-4,7-9H2,1-2H3/q+1. The third-order valence-electron chi connectivity index (χ3n) is 4.73. The molecular weight excluding hydrogens is 403 g/mol. The fourth-order valence-electron chi connectivity index (χ4n) is 3.36. The minimum Gasteiger partial charge on any atom is -0.466 e. The lowest BCUT2D eigenvalue weighted by Crippen LogP contribution is -2.17. The topological polar surface area (TPSA) is 147 Å². The van der Waals surface area contributed by atoms with Crippen LogP contribution in [0.2, 0.25) is 0 Å². The number of fused-ring (bicyclic) bond motifs is 1. The lowest BCUT2D eigenvalue weighted by atomic mass is 9.90. The van der Waals surface area contributed by atoms with Crippen LogP contribution in [0.1, 0.15) is 26.2 Å². The van der Waals surface area contributed by atoms with E-state index < -0.39 is 18.9 Å². The Morgan fingerprint density at radius 2 is 2.17 bits per heavy atom. The molecule has 1 aromatic carbocycles. The molecule has 1 aliphatic rings. The van der Waals surface area contributed by atoms with Gasteiger partial charge >= 0.3 is 19.7 Å². The van der Waals surface area contributed by atoms with Crippen LogP contribution in [-0.2, 0) is 18.6 Å². The molecular formula is C17H20N4O7P+. The molecule has 2 aromatic rings. The summed E-state index contributed by atoms with van der Waals surface area (Å²) in [5, 5.41) is 21.6. The number of ether oxygens (including phenoxy) is 1. The summed E-state index contributed by atoms with van der Waals surface area (Å²) < 4.78 is 26.7. The molecule has 1 aromatic heterocycles. The number of nitrogens with zero attached hydrogens (tertiary/aromatic N) is 3. The van der Waals surface area contributed by atoms with Gasteiger partial charge in [0.05, 0.1) is 23.3 Å². The number of rotatable bonds is 7. The summed E-state index contributed by atoms with van der Waals surface area (Å²) >= 11 is 0. The lowest BCUT2D eigenvalue weighted by molar-refractivity contribution is -0.383. The van der Waals surface area contributed by atoms with Crippen LogP contribution in [0.4, 0.5) is 11.4 Å². The Hall–Kier alpha value is -3.07. The van der Waals surface area contributed by atoms with E-state index in [4.69, 9.17) is 9.26 Å². The van der Waals surface area contributed by atoms with Crippen molar-refractivity contribution < 1.29 is 28.2 Å². The minimum absolute atomic E-state index is 0.0799. The average molecular weight is 423 g/mol. The Labute approximate surface area is 166 Å². The van der Waals surface area contributed by atoms with E-state index in [1.807, 2.05) is 0 Å². The first-order valence-electron chi connectivity index (χ1n) is 8.97. The molecule has 12 heteroatoms. The van der Waals surface area contributed by atoms with Gasteiger partial charge in [0.25, 0.3) is 0 Å². The van der Waals surface area contributed by atoms with Gasteiger partial charge in [-0.1, -0.05) is 0 Å². The lowest BCUT2D eigenvalue weighted by Gasteiger charge is -2.16. The van der Waals surface area contributed by atoms with Crippen LogP contribution in [0.15, 0.2) is 28.1 Å². The number of hydrogen-bond donors (Lipinski definition) is 1. The number of nitro groups is 1. The number of aromatic nitrogens is 2. The highest BCUT2D eigenvalue weighted by molar-refractivity contribution is 7.39. The van der Waals surface area contributed by atoms with Crippen molar-refractivity contribution in [3.63, 3.8) is 0 Å². The Kier molecular flexibility index (Phi) is 6.38. The molecule has 3 rings (SSSR count). The molecule has 2 unspecified atom stereocenters. The normalized spacial score (nSPS) is 18.3. The molecule has 11 nitrogen and oxygen atoms in total. The van der Waals surface area contributed by atoms with E-state index in [1.165, 1.54) is 13.2 Å². The van der Waals surface area contributed by atoms with Gasteiger partial charge in [-0.15, -0.1) is 0 Å². The summed E-state index contributed by atoms with van der Waals surface area (Å²) in [5.41, 5.74) is 1.18. The Morgan fingerprint density at radius 3 is 2.90 bits per heavy atom. The molecule has 29 heavy (non-hydrogen) atoms. The predicted octanol–water partition coefficient (Wildman–Crippen LogP) is 3.55. The van der Waals surface area contributed by atoms with Crippen molar-refractivity contribution in [1.82, 2.24) is 10.3 Å². The van der Waals surface area contributed by atoms with Crippen molar-refractivity contribution in [3.05, 3.63) is 33.6 Å². The summed E-state index contributed by atoms with van der Waals surface area (Å²) in [6.07, 6.45) is 2.26. The number of non-ortho nitro benzene ring substituents is 1. The second-order valence-corrected chi connectivity index (χ2v) is 7.81. The zero-order valence-corrected chi connectivity index (χ0v) is 16.8. The zero-order valence-electron chi connectivity index (χ0n) is 15.9. The fourth-order valence-corrected chi connectivity index (χ4v) is 4.38. The summed E-state index contributed by atoms with van der Waals surface area (Å²) in [7, 11) is -0.527. The van der Waals surface area contributed by atoms with E-state index in [2.05, 4.69) is 20.3 Å². The van der Waals surface area contributed by atoms with Gasteiger partial charge in [0.1, 0.15) is 0 Å². The van der Waals surface area contributed by atoms with Crippen molar-refractivity contribution in [3.8, 4) is 0 Å². The number of allylic oxidation sites excluding steroid dienone is 1. The maximum atomic E-state index is 12.2. The van der Waals surface area contributed by atoms with Gasteiger partial charge in [0.2, 0.25) is 5.52 Å². The van der Waals surface area contributed by atoms with Crippen molar-refractivity contribution in [1.29, 1.82) is 0 Å². The maximum absolute atomic E-state index is 12.2. The van der Waals surface area contributed by atoms with Gasteiger partial charge in [0, 0.05) is 19.0 Å². The van der Waals surface area contributed by atoms with Crippen molar-refractivity contribution in [2.75, 3.05) is 25.1 Å². The highest BCUT2D eigenvalue weighted by Crippen LogP contribution is 2.39. The molecule has 2 heterocycles. The number of esters is 1. The van der Waals surface area contributed by atoms with Gasteiger partial charge in [-0.3, -0.25) is 14.6 Å². The van der Waals surface area contributed by atoms with E-state index in [9.17, 15) is 19.5 Å².